The van der Waals surface area contributed by atoms with E-state index in [0.717, 1.165) is 25.7 Å². The number of rotatable bonds is 0. The minimum absolute atomic E-state index is 0.358. The second kappa shape index (κ2) is 9.56. The van der Waals surface area contributed by atoms with E-state index in [9.17, 15) is 9.59 Å². The van der Waals surface area contributed by atoms with Gasteiger partial charge >= 0.3 is 12.2 Å². The van der Waals surface area contributed by atoms with Crippen LogP contribution in [0.2, 0.25) is 0 Å². The number of cyclic esters (lactones) is 2. The van der Waals surface area contributed by atoms with Gasteiger partial charge in [0, 0.05) is 13.1 Å². The monoisotopic (exact) mass is 258 g/mol. The summed E-state index contributed by atoms with van der Waals surface area (Å²) in [5, 5.41) is 5.42. The van der Waals surface area contributed by atoms with E-state index in [1.807, 2.05) is 0 Å². The predicted molar refractivity (Wildman–Crippen MR) is 66.4 cm³/mol. The van der Waals surface area contributed by atoms with Gasteiger partial charge in [0.05, 0.1) is 13.2 Å². The maximum Gasteiger partial charge on any atom is 0.407 e. The molecule has 1 heterocycles. The van der Waals surface area contributed by atoms with Gasteiger partial charge < -0.3 is 20.1 Å². The van der Waals surface area contributed by atoms with Crippen LogP contribution >= 0.6 is 0 Å². The van der Waals surface area contributed by atoms with Crippen molar-refractivity contribution in [1.82, 2.24) is 10.6 Å². The van der Waals surface area contributed by atoms with E-state index in [2.05, 4.69) is 10.6 Å². The van der Waals surface area contributed by atoms with Crippen LogP contribution in [0.4, 0.5) is 9.59 Å². The molecule has 6 nitrogen and oxygen atoms in total. The Balaban J connectivity index is 2.21. The molecule has 0 saturated carbocycles. The van der Waals surface area contributed by atoms with Crippen molar-refractivity contribution in [2.75, 3.05) is 26.3 Å². The van der Waals surface area contributed by atoms with Crippen LogP contribution in [0, 0.1) is 0 Å². The Morgan fingerprint density at radius 3 is 1.56 bits per heavy atom. The molecule has 0 bridgehead atoms. The zero-order valence-electron chi connectivity index (χ0n) is 10.7. The Morgan fingerprint density at radius 1 is 0.667 bits per heavy atom. The SMILES string of the molecule is O=C1NCCCCCCNC(=O)OCCCCO1. The number of nitrogens with one attached hydrogen (secondary N) is 2. The number of hydrogen-bond acceptors (Lipinski definition) is 4. The van der Waals surface area contributed by atoms with Crippen LogP contribution in [0.3, 0.4) is 0 Å². The molecule has 1 fully saturated rings. The number of carbonyl (C=O) groups is 2. The Labute approximate surface area is 107 Å². The van der Waals surface area contributed by atoms with Gasteiger partial charge in [-0.15, -0.1) is 0 Å². The normalized spacial score (nSPS) is 21.1. The number of amides is 2. The molecule has 0 aromatic carbocycles. The van der Waals surface area contributed by atoms with E-state index < -0.39 is 0 Å². The maximum absolute atomic E-state index is 11.2. The first kappa shape index (κ1) is 14.6. The summed E-state index contributed by atoms with van der Waals surface area (Å²) in [5.41, 5.74) is 0. The molecule has 2 amide bonds. The molecule has 0 aromatic rings. The molecular formula is C12H22N2O4. The zero-order chi connectivity index (χ0) is 13.1. The third-order valence-electron chi connectivity index (χ3n) is 2.65. The summed E-state index contributed by atoms with van der Waals surface area (Å²) in [7, 11) is 0. The summed E-state index contributed by atoms with van der Waals surface area (Å²) < 4.78 is 9.93. The molecule has 1 rings (SSSR count). The zero-order valence-corrected chi connectivity index (χ0v) is 10.7. The lowest BCUT2D eigenvalue weighted by molar-refractivity contribution is 0.128. The van der Waals surface area contributed by atoms with Gasteiger partial charge in [-0.2, -0.15) is 0 Å². The fourth-order valence-corrected chi connectivity index (χ4v) is 1.62. The summed E-state index contributed by atoms with van der Waals surface area (Å²) in [6.45, 7) is 2.01. The van der Waals surface area contributed by atoms with E-state index in [1.165, 1.54) is 0 Å². The fourth-order valence-electron chi connectivity index (χ4n) is 1.62. The molecule has 0 spiro atoms. The molecule has 0 aromatic heterocycles. The molecule has 6 heteroatoms. The summed E-state index contributed by atoms with van der Waals surface area (Å²) in [6, 6.07) is 0. The van der Waals surface area contributed by atoms with Crippen molar-refractivity contribution in [2.24, 2.45) is 0 Å². The van der Waals surface area contributed by atoms with Gasteiger partial charge in [0.15, 0.2) is 0 Å². The number of ether oxygens (including phenoxy) is 2. The Morgan fingerprint density at radius 2 is 1.11 bits per heavy atom. The van der Waals surface area contributed by atoms with E-state index in [4.69, 9.17) is 9.47 Å². The number of hydrogen-bond donors (Lipinski definition) is 2. The largest absolute Gasteiger partial charge is 0.450 e. The Bertz CT molecular complexity index is 232. The molecule has 0 radical (unpaired) electrons. The van der Waals surface area contributed by atoms with E-state index in [0.29, 0.717) is 39.1 Å². The maximum atomic E-state index is 11.2. The van der Waals surface area contributed by atoms with Crippen LogP contribution in [0.15, 0.2) is 0 Å². The Kier molecular flexibility index (Phi) is 7.75. The van der Waals surface area contributed by atoms with Crippen LogP contribution in [-0.4, -0.2) is 38.5 Å². The molecule has 1 saturated heterocycles. The molecule has 0 aliphatic carbocycles. The lowest BCUT2D eigenvalue weighted by Crippen LogP contribution is -2.27. The third kappa shape index (κ3) is 7.76. The van der Waals surface area contributed by atoms with Crippen molar-refractivity contribution in [3.8, 4) is 0 Å². The van der Waals surface area contributed by atoms with Crippen LogP contribution in [0.5, 0.6) is 0 Å². The van der Waals surface area contributed by atoms with Crippen molar-refractivity contribution in [2.45, 2.75) is 38.5 Å². The minimum Gasteiger partial charge on any atom is -0.450 e. The second-order valence-electron chi connectivity index (χ2n) is 4.25. The average Bonchev–Trinajstić information content (AvgIpc) is 2.35. The number of alkyl carbamates (subject to hydrolysis) is 2. The standard InChI is InChI=1S/C12H22N2O4/c15-11-13-7-3-1-2-4-8-14-12(16)18-10-6-5-9-17-11/h1-10H2,(H,13,15)(H,14,16). The molecule has 1 aliphatic heterocycles. The van der Waals surface area contributed by atoms with Crippen molar-refractivity contribution in [3.05, 3.63) is 0 Å². The smallest absolute Gasteiger partial charge is 0.407 e. The highest BCUT2D eigenvalue weighted by Crippen LogP contribution is 1.99. The van der Waals surface area contributed by atoms with E-state index >= 15 is 0 Å². The second-order valence-corrected chi connectivity index (χ2v) is 4.25. The van der Waals surface area contributed by atoms with Crippen LogP contribution in [-0.2, 0) is 9.47 Å². The number of carbonyl (C=O) groups excluding carboxylic acids is 2. The van der Waals surface area contributed by atoms with Crippen molar-refractivity contribution < 1.29 is 19.1 Å². The summed E-state index contributed by atoms with van der Waals surface area (Å²) in [4.78, 5) is 22.4. The average molecular weight is 258 g/mol. The van der Waals surface area contributed by atoms with Gasteiger partial charge in [-0.3, -0.25) is 0 Å². The van der Waals surface area contributed by atoms with Gasteiger partial charge in [0.2, 0.25) is 0 Å². The summed E-state index contributed by atoms with van der Waals surface area (Å²) in [5.74, 6) is 0. The van der Waals surface area contributed by atoms with Gasteiger partial charge in [-0.05, 0) is 25.7 Å². The molecule has 0 atom stereocenters. The topological polar surface area (TPSA) is 76.7 Å². The molecule has 0 unspecified atom stereocenters. The van der Waals surface area contributed by atoms with E-state index in [-0.39, 0.29) is 12.2 Å². The third-order valence-corrected chi connectivity index (χ3v) is 2.65. The molecule has 2 N–H and O–H groups in total. The van der Waals surface area contributed by atoms with Gasteiger partial charge in [0.25, 0.3) is 0 Å². The molecule has 104 valence electrons. The molecular weight excluding hydrogens is 236 g/mol. The lowest BCUT2D eigenvalue weighted by atomic mass is 10.2. The molecule has 18 heavy (non-hydrogen) atoms. The summed E-state index contributed by atoms with van der Waals surface area (Å²) in [6.07, 6.45) is 4.58. The first-order chi connectivity index (χ1) is 8.79. The van der Waals surface area contributed by atoms with Gasteiger partial charge in [-0.1, -0.05) is 12.8 Å². The van der Waals surface area contributed by atoms with Gasteiger partial charge in [0.1, 0.15) is 0 Å². The quantitative estimate of drug-likeness (QED) is 0.694. The van der Waals surface area contributed by atoms with Crippen LogP contribution in [0.25, 0.3) is 0 Å². The fraction of sp³-hybridized carbons (Fsp3) is 0.833. The van der Waals surface area contributed by atoms with Crippen LogP contribution < -0.4 is 10.6 Å². The minimum atomic E-state index is -0.360. The van der Waals surface area contributed by atoms with Gasteiger partial charge in [-0.25, -0.2) is 9.59 Å². The van der Waals surface area contributed by atoms with Crippen molar-refractivity contribution in [3.63, 3.8) is 0 Å². The van der Waals surface area contributed by atoms with Crippen molar-refractivity contribution >= 4 is 12.2 Å². The predicted octanol–water partition coefficient (Wildman–Crippen LogP) is 1.79. The van der Waals surface area contributed by atoms with E-state index in [1.54, 1.807) is 0 Å². The Hall–Kier alpha value is -1.46. The highest BCUT2D eigenvalue weighted by atomic mass is 16.6. The van der Waals surface area contributed by atoms with Crippen LogP contribution in [0.1, 0.15) is 38.5 Å². The van der Waals surface area contributed by atoms with Crippen molar-refractivity contribution in [1.29, 1.82) is 0 Å². The highest BCUT2D eigenvalue weighted by Gasteiger charge is 2.03. The lowest BCUT2D eigenvalue weighted by Gasteiger charge is -2.09. The molecule has 1 aliphatic rings. The highest BCUT2D eigenvalue weighted by molar-refractivity contribution is 5.67. The summed E-state index contributed by atoms with van der Waals surface area (Å²) >= 11 is 0. The first-order valence-electron chi connectivity index (χ1n) is 6.60. The first-order valence-corrected chi connectivity index (χ1v) is 6.60.